The van der Waals surface area contributed by atoms with Crippen LogP contribution in [-0.2, 0) is 32.6 Å². The monoisotopic (exact) mass is 721 g/mol. The molecule has 46 heavy (non-hydrogen) atoms. The summed E-state index contributed by atoms with van der Waals surface area (Å²) in [5, 5.41) is 3.06. The summed E-state index contributed by atoms with van der Waals surface area (Å²) in [6.07, 6.45) is 2.90. The molecule has 0 heterocycles. The van der Waals surface area contributed by atoms with Crippen LogP contribution in [0, 0.1) is 6.92 Å². The summed E-state index contributed by atoms with van der Waals surface area (Å²) in [5.74, 6) is -0.788. The molecule has 2 atom stereocenters. The molecular formula is C36H40BrN3O4S2. The lowest BCUT2D eigenvalue weighted by Crippen LogP contribution is -2.54. The van der Waals surface area contributed by atoms with E-state index in [1.165, 1.54) is 16.7 Å². The van der Waals surface area contributed by atoms with Crippen molar-refractivity contribution >= 4 is 55.2 Å². The Morgan fingerprint density at radius 1 is 0.891 bits per heavy atom. The largest absolute Gasteiger partial charge is 0.352 e. The number of carbonyl (C=O) groups is 2. The molecule has 10 heteroatoms. The Balaban J connectivity index is 1.80. The maximum atomic E-state index is 14.6. The van der Waals surface area contributed by atoms with Gasteiger partial charge >= 0.3 is 0 Å². The van der Waals surface area contributed by atoms with Crippen LogP contribution in [0.4, 0.5) is 5.69 Å². The van der Waals surface area contributed by atoms with Gasteiger partial charge in [-0.3, -0.25) is 13.9 Å². The van der Waals surface area contributed by atoms with E-state index in [1.54, 1.807) is 36.4 Å². The average Bonchev–Trinajstić information content (AvgIpc) is 3.06. The van der Waals surface area contributed by atoms with E-state index in [0.29, 0.717) is 5.69 Å². The third-order valence-electron chi connectivity index (χ3n) is 7.76. The Morgan fingerprint density at radius 2 is 1.54 bits per heavy atom. The average molecular weight is 723 g/mol. The number of rotatable bonds is 14. The molecule has 0 aliphatic carbocycles. The Kier molecular flexibility index (Phi) is 12.5. The molecular weight excluding hydrogens is 682 g/mol. The number of hydrogen-bond acceptors (Lipinski definition) is 5. The van der Waals surface area contributed by atoms with Gasteiger partial charge in [0.15, 0.2) is 0 Å². The summed E-state index contributed by atoms with van der Waals surface area (Å²) < 4.78 is 30.4. The van der Waals surface area contributed by atoms with Gasteiger partial charge in [0.1, 0.15) is 12.6 Å². The van der Waals surface area contributed by atoms with Crippen molar-refractivity contribution in [1.82, 2.24) is 10.2 Å². The predicted molar refractivity (Wildman–Crippen MR) is 190 cm³/mol. The maximum absolute atomic E-state index is 14.6. The topological polar surface area (TPSA) is 86.8 Å². The quantitative estimate of drug-likeness (QED) is 0.139. The summed E-state index contributed by atoms with van der Waals surface area (Å²) in [7, 11) is -4.16. The fourth-order valence-corrected chi connectivity index (χ4v) is 7.21. The summed E-state index contributed by atoms with van der Waals surface area (Å²) >= 11 is 5.03. The smallest absolute Gasteiger partial charge is 0.264 e. The molecule has 7 nitrogen and oxygen atoms in total. The zero-order chi connectivity index (χ0) is 33.3. The number of thioether (sulfide) groups is 1. The molecule has 4 aromatic carbocycles. The molecule has 4 aromatic rings. The van der Waals surface area contributed by atoms with Gasteiger partial charge in [0.2, 0.25) is 11.8 Å². The first-order valence-electron chi connectivity index (χ1n) is 15.1. The summed E-state index contributed by atoms with van der Waals surface area (Å²) in [5.41, 5.74) is 3.00. The summed E-state index contributed by atoms with van der Waals surface area (Å²) in [4.78, 5) is 31.0. The SMILES string of the molecule is CC[C@@H](C)NC(=O)[C@@H](Cc1ccccc1)N(Cc1cccc(Br)c1)C(=O)CN(c1ccc(C)cc1)S(=O)(=O)c1ccc(SC)cc1. The van der Waals surface area contributed by atoms with E-state index in [1.807, 2.05) is 93.8 Å². The predicted octanol–water partition coefficient (Wildman–Crippen LogP) is 7.23. The molecule has 0 saturated carbocycles. The Morgan fingerprint density at radius 3 is 2.15 bits per heavy atom. The molecule has 0 aliphatic heterocycles. The molecule has 2 amide bonds. The lowest BCUT2D eigenvalue weighted by Gasteiger charge is -2.34. The highest BCUT2D eigenvalue weighted by Crippen LogP contribution is 2.27. The van der Waals surface area contributed by atoms with Crippen LogP contribution in [0.2, 0.25) is 0 Å². The number of amides is 2. The van der Waals surface area contributed by atoms with Crippen LogP contribution in [0.25, 0.3) is 0 Å². The first kappa shape index (κ1) is 35.3. The molecule has 0 spiro atoms. The fourth-order valence-electron chi connectivity index (χ4n) is 4.94. The third kappa shape index (κ3) is 9.24. The Labute approximate surface area is 285 Å². The minimum atomic E-state index is -4.16. The zero-order valence-corrected chi connectivity index (χ0v) is 29.7. The highest BCUT2D eigenvalue weighted by atomic mass is 79.9. The number of benzene rings is 4. The zero-order valence-electron chi connectivity index (χ0n) is 26.5. The van der Waals surface area contributed by atoms with E-state index in [2.05, 4.69) is 21.2 Å². The van der Waals surface area contributed by atoms with E-state index >= 15 is 0 Å². The standard InChI is InChI=1S/C36H40BrN3O4S2/c1-5-27(3)38-36(42)34(23-28-10-7-6-8-11-28)39(24-29-12-9-13-30(37)22-29)35(41)25-40(31-16-14-26(2)15-17-31)46(43,44)33-20-18-32(45-4)19-21-33/h6-22,27,34H,5,23-25H2,1-4H3,(H,38,42)/t27-,34-/m1/s1. The van der Waals surface area contributed by atoms with Crippen LogP contribution >= 0.6 is 27.7 Å². The Hall–Kier alpha value is -3.60. The molecule has 0 saturated heterocycles. The van der Waals surface area contributed by atoms with Crippen LogP contribution in [0.5, 0.6) is 0 Å². The van der Waals surface area contributed by atoms with Crippen molar-refractivity contribution in [2.24, 2.45) is 0 Å². The molecule has 0 radical (unpaired) electrons. The van der Waals surface area contributed by atoms with Crippen LogP contribution in [0.15, 0.2) is 117 Å². The number of carbonyl (C=O) groups excluding carboxylic acids is 2. The lowest BCUT2D eigenvalue weighted by molar-refractivity contribution is -0.140. The van der Waals surface area contributed by atoms with Crippen LogP contribution in [0.3, 0.4) is 0 Å². The molecule has 1 N–H and O–H groups in total. The van der Waals surface area contributed by atoms with Crippen molar-refractivity contribution in [2.45, 2.75) is 62.0 Å². The van der Waals surface area contributed by atoms with E-state index < -0.39 is 28.5 Å². The normalized spacial score (nSPS) is 12.6. The van der Waals surface area contributed by atoms with E-state index in [-0.39, 0.29) is 29.8 Å². The second kappa shape index (κ2) is 16.3. The fraction of sp³-hybridized carbons (Fsp3) is 0.278. The Bertz CT molecular complexity index is 1720. The van der Waals surface area contributed by atoms with E-state index in [9.17, 15) is 18.0 Å². The lowest BCUT2D eigenvalue weighted by atomic mass is 10.0. The van der Waals surface area contributed by atoms with Gasteiger partial charge in [-0.1, -0.05) is 83.0 Å². The van der Waals surface area contributed by atoms with Crippen LogP contribution < -0.4 is 9.62 Å². The van der Waals surface area contributed by atoms with E-state index in [4.69, 9.17) is 0 Å². The first-order chi connectivity index (χ1) is 22.0. The number of nitrogens with zero attached hydrogens (tertiary/aromatic N) is 2. The second-order valence-corrected chi connectivity index (χ2v) is 14.9. The number of aryl methyl sites for hydroxylation is 1. The van der Waals surface area contributed by atoms with Crippen molar-refractivity contribution in [3.63, 3.8) is 0 Å². The molecule has 0 bridgehead atoms. The number of sulfonamides is 1. The van der Waals surface area contributed by atoms with Crippen molar-refractivity contribution < 1.29 is 18.0 Å². The number of halogens is 1. The first-order valence-corrected chi connectivity index (χ1v) is 18.6. The number of nitrogens with one attached hydrogen (secondary N) is 1. The van der Waals surface area contributed by atoms with Gasteiger partial charge < -0.3 is 10.2 Å². The maximum Gasteiger partial charge on any atom is 0.264 e. The highest BCUT2D eigenvalue weighted by molar-refractivity contribution is 9.10. The molecule has 0 unspecified atom stereocenters. The van der Waals surface area contributed by atoms with E-state index in [0.717, 1.165) is 36.8 Å². The van der Waals surface area contributed by atoms with Crippen molar-refractivity contribution in [2.75, 3.05) is 17.1 Å². The number of hydrogen-bond donors (Lipinski definition) is 1. The van der Waals surface area contributed by atoms with Crippen molar-refractivity contribution in [3.05, 3.63) is 124 Å². The van der Waals surface area contributed by atoms with Crippen molar-refractivity contribution in [3.8, 4) is 0 Å². The molecule has 0 aliphatic rings. The van der Waals surface area contributed by atoms with Crippen molar-refractivity contribution in [1.29, 1.82) is 0 Å². The van der Waals surface area contributed by atoms with Gasteiger partial charge in [0.05, 0.1) is 10.6 Å². The van der Waals surface area contributed by atoms with Gasteiger partial charge in [-0.2, -0.15) is 0 Å². The van der Waals surface area contributed by atoms with Gasteiger partial charge in [0, 0.05) is 28.4 Å². The van der Waals surface area contributed by atoms with Crippen LogP contribution in [0.1, 0.15) is 37.0 Å². The minimum Gasteiger partial charge on any atom is -0.352 e. The van der Waals surface area contributed by atoms with Gasteiger partial charge in [-0.05, 0) is 86.2 Å². The summed E-state index contributed by atoms with van der Waals surface area (Å²) in [6, 6.07) is 29.7. The molecule has 0 aromatic heterocycles. The highest BCUT2D eigenvalue weighted by Gasteiger charge is 2.35. The summed E-state index contributed by atoms with van der Waals surface area (Å²) in [6.45, 7) is 5.43. The van der Waals surface area contributed by atoms with Gasteiger partial charge in [-0.25, -0.2) is 8.42 Å². The molecule has 242 valence electrons. The third-order valence-corrected chi connectivity index (χ3v) is 10.8. The molecule has 4 rings (SSSR count). The van der Waals surface area contributed by atoms with Gasteiger partial charge in [0.25, 0.3) is 10.0 Å². The minimum absolute atomic E-state index is 0.0764. The number of anilines is 1. The van der Waals surface area contributed by atoms with Crippen LogP contribution in [-0.4, -0.2) is 50.0 Å². The second-order valence-electron chi connectivity index (χ2n) is 11.2. The molecule has 0 fully saturated rings. The van der Waals surface area contributed by atoms with Gasteiger partial charge in [-0.15, -0.1) is 11.8 Å².